The maximum atomic E-state index is 13.5. The van der Waals surface area contributed by atoms with E-state index in [2.05, 4.69) is 20.3 Å². The number of rotatable bonds is 7. The zero-order valence-corrected chi connectivity index (χ0v) is 21.8. The highest BCUT2D eigenvalue weighted by atomic mass is 19.1. The molecule has 0 saturated heterocycles. The summed E-state index contributed by atoms with van der Waals surface area (Å²) in [6, 6.07) is 17.8. The van der Waals surface area contributed by atoms with Gasteiger partial charge in [0, 0.05) is 24.0 Å². The summed E-state index contributed by atoms with van der Waals surface area (Å²) in [7, 11) is 0. The smallest absolute Gasteiger partial charge is 0.251 e. The number of hydrogen-bond acceptors (Lipinski definition) is 9. The van der Waals surface area contributed by atoms with Crippen molar-refractivity contribution in [3.8, 4) is 34.2 Å². The Morgan fingerprint density at radius 1 is 0.976 bits per heavy atom. The molecule has 42 heavy (non-hydrogen) atoms. The molecule has 0 unspecified atom stereocenters. The van der Waals surface area contributed by atoms with E-state index in [-0.39, 0.29) is 29.2 Å². The molecule has 0 atom stereocenters. The normalized spacial score (nSPS) is 11.0. The first-order valence-electron chi connectivity index (χ1n) is 12.7. The monoisotopic (exact) mass is 560 g/mol. The number of nitrogens with one attached hydrogen (secondary N) is 1. The van der Waals surface area contributed by atoms with E-state index in [0.717, 1.165) is 11.8 Å². The van der Waals surface area contributed by atoms with Crippen molar-refractivity contribution in [3.63, 3.8) is 0 Å². The van der Waals surface area contributed by atoms with Crippen LogP contribution in [0.1, 0.15) is 26.3 Å². The molecule has 0 aliphatic heterocycles. The van der Waals surface area contributed by atoms with Crippen molar-refractivity contribution in [1.29, 1.82) is 0 Å². The standard InChI is InChI=1S/C30H21FN8O3/c31-20-6-9-23(34-14-20)24-15-35-27-29(37-24)39(28(38-27)22-2-1-11-33-26(22)32)21-7-3-17(4-8-21)13-36-30(42)18-5-10-25(41)19(12-18)16-40/h1-12,14-16,41H,13H2,(H2,32,33)(H,36,42). The minimum absolute atomic E-state index is 0.0334. The highest BCUT2D eigenvalue weighted by Gasteiger charge is 2.20. The van der Waals surface area contributed by atoms with Gasteiger partial charge in [-0.2, -0.15) is 0 Å². The van der Waals surface area contributed by atoms with Crippen molar-refractivity contribution in [3.05, 3.63) is 108 Å². The van der Waals surface area contributed by atoms with E-state index in [1.165, 1.54) is 36.5 Å². The Kier molecular flexibility index (Phi) is 6.77. The Labute approximate surface area is 237 Å². The molecule has 4 aromatic heterocycles. The third-order valence-corrected chi connectivity index (χ3v) is 6.50. The van der Waals surface area contributed by atoms with Crippen LogP contribution in [-0.4, -0.2) is 46.8 Å². The van der Waals surface area contributed by atoms with E-state index in [9.17, 15) is 19.1 Å². The number of amides is 1. The Hall–Kier alpha value is -6.04. The number of carbonyl (C=O) groups excluding carboxylic acids is 2. The number of fused-ring (bicyclic) bond motifs is 1. The number of nitrogen functional groups attached to an aromatic ring is 1. The lowest BCUT2D eigenvalue weighted by Crippen LogP contribution is -2.22. The molecule has 4 heterocycles. The number of pyridine rings is 2. The number of nitrogens with two attached hydrogens (primary N) is 1. The van der Waals surface area contributed by atoms with Gasteiger partial charge in [-0.05, 0) is 60.2 Å². The van der Waals surface area contributed by atoms with Crippen molar-refractivity contribution in [1.82, 2.24) is 34.8 Å². The first kappa shape index (κ1) is 26.2. The molecule has 6 rings (SSSR count). The van der Waals surface area contributed by atoms with Crippen LogP contribution in [0.5, 0.6) is 5.75 Å². The van der Waals surface area contributed by atoms with Crippen LogP contribution in [0.25, 0.3) is 39.8 Å². The SMILES string of the molecule is Nc1ncccc1-c1nc2ncc(-c3ccc(F)cn3)nc2n1-c1ccc(CNC(=O)c2ccc(O)c(C=O)c2)cc1. The molecule has 6 aromatic rings. The molecule has 206 valence electrons. The zero-order chi connectivity index (χ0) is 29.2. The van der Waals surface area contributed by atoms with Crippen molar-refractivity contribution < 1.29 is 19.1 Å². The molecule has 0 saturated carbocycles. The van der Waals surface area contributed by atoms with Gasteiger partial charge in [0.05, 0.1) is 29.2 Å². The van der Waals surface area contributed by atoms with Crippen molar-refractivity contribution in [2.24, 2.45) is 0 Å². The highest BCUT2D eigenvalue weighted by Crippen LogP contribution is 2.30. The topological polar surface area (TPSA) is 162 Å². The molecule has 0 fully saturated rings. The Bertz CT molecular complexity index is 1960. The molecule has 0 radical (unpaired) electrons. The largest absolute Gasteiger partial charge is 0.507 e. The van der Waals surface area contributed by atoms with Gasteiger partial charge in [-0.1, -0.05) is 12.1 Å². The average Bonchev–Trinajstić information content (AvgIpc) is 3.39. The number of carbonyl (C=O) groups is 2. The second-order valence-corrected chi connectivity index (χ2v) is 9.21. The van der Waals surface area contributed by atoms with Crippen LogP contribution in [0.15, 0.2) is 85.3 Å². The van der Waals surface area contributed by atoms with Gasteiger partial charge in [-0.25, -0.2) is 24.3 Å². The van der Waals surface area contributed by atoms with E-state index in [4.69, 9.17) is 15.7 Å². The fourth-order valence-electron chi connectivity index (χ4n) is 4.37. The number of nitrogens with zero attached hydrogens (tertiary/aromatic N) is 6. The van der Waals surface area contributed by atoms with Gasteiger partial charge in [0.15, 0.2) is 23.4 Å². The lowest BCUT2D eigenvalue weighted by Gasteiger charge is -2.12. The van der Waals surface area contributed by atoms with Gasteiger partial charge < -0.3 is 16.2 Å². The summed E-state index contributed by atoms with van der Waals surface area (Å²) in [6.45, 7) is 0.212. The molecule has 2 aromatic carbocycles. The van der Waals surface area contributed by atoms with E-state index >= 15 is 0 Å². The van der Waals surface area contributed by atoms with Crippen molar-refractivity contribution in [2.45, 2.75) is 6.54 Å². The highest BCUT2D eigenvalue weighted by molar-refractivity contribution is 5.96. The van der Waals surface area contributed by atoms with Crippen LogP contribution in [-0.2, 0) is 6.54 Å². The third kappa shape index (κ3) is 4.99. The minimum Gasteiger partial charge on any atom is -0.507 e. The number of imidazole rings is 1. The Morgan fingerprint density at radius 3 is 2.55 bits per heavy atom. The number of halogens is 1. The Balaban J connectivity index is 1.35. The fraction of sp³-hybridized carbons (Fsp3) is 0.0333. The number of aldehydes is 1. The van der Waals surface area contributed by atoms with Crippen LogP contribution in [0.3, 0.4) is 0 Å². The summed E-state index contributed by atoms with van der Waals surface area (Å²) in [5, 5.41) is 12.5. The summed E-state index contributed by atoms with van der Waals surface area (Å²) in [5.74, 6) is -0.297. The predicted molar refractivity (Wildman–Crippen MR) is 152 cm³/mol. The van der Waals surface area contributed by atoms with Crippen LogP contribution in [0.2, 0.25) is 0 Å². The zero-order valence-electron chi connectivity index (χ0n) is 21.8. The molecule has 0 spiro atoms. The van der Waals surface area contributed by atoms with E-state index in [1.54, 1.807) is 22.9 Å². The second-order valence-electron chi connectivity index (χ2n) is 9.21. The molecule has 12 heteroatoms. The van der Waals surface area contributed by atoms with Gasteiger partial charge in [-0.3, -0.25) is 19.1 Å². The van der Waals surface area contributed by atoms with Crippen LogP contribution >= 0.6 is 0 Å². The summed E-state index contributed by atoms with van der Waals surface area (Å²) in [4.78, 5) is 46.0. The van der Waals surface area contributed by atoms with Gasteiger partial charge in [-0.15, -0.1) is 0 Å². The van der Waals surface area contributed by atoms with Gasteiger partial charge in [0.25, 0.3) is 5.91 Å². The van der Waals surface area contributed by atoms with E-state index in [1.807, 2.05) is 24.3 Å². The Morgan fingerprint density at radius 2 is 1.81 bits per heavy atom. The van der Waals surface area contributed by atoms with Gasteiger partial charge in [0.1, 0.15) is 23.1 Å². The van der Waals surface area contributed by atoms with Gasteiger partial charge in [0.2, 0.25) is 0 Å². The number of benzene rings is 2. The lowest BCUT2D eigenvalue weighted by molar-refractivity contribution is 0.0951. The molecule has 4 N–H and O–H groups in total. The molecule has 0 aliphatic rings. The summed E-state index contributed by atoms with van der Waals surface area (Å²) in [5.41, 5.74) is 10.2. The number of phenols is 1. The molecular weight excluding hydrogens is 539 g/mol. The number of hydrogen-bond donors (Lipinski definition) is 3. The number of phenolic OH excluding ortho intramolecular Hbond substituents is 1. The average molecular weight is 561 g/mol. The quantitative estimate of drug-likeness (QED) is 0.244. The second kappa shape index (κ2) is 10.8. The summed E-state index contributed by atoms with van der Waals surface area (Å²) >= 11 is 0. The molecule has 11 nitrogen and oxygen atoms in total. The number of anilines is 1. The predicted octanol–water partition coefficient (Wildman–Crippen LogP) is 4.11. The van der Waals surface area contributed by atoms with E-state index in [0.29, 0.717) is 46.0 Å². The summed E-state index contributed by atoms with van der Waals surface area (Å²) < 4.78 is 15.3. The maximum Gasteiger partial charge on any atom is 0.251 e. The fourth-order valence-corrected chi connectivity index (χ4v) is 4.37. The van der Waals surface area contributed by atoms with Crippen LogP contribution in [0.4, 0.5) is 10.2 Å². The summed E-state index contributed by atoms with van der Waals surface area (Å²) in [6.07, 6.45) is 4.71. The van der Waals surface area contributed by atoms with Crippen molar-refractivity contribution >= 4 is 29.3 Å². The molecule has 0 aliphatic carbocycles. The van der Waals surface area contributed by atoms with E-state index < -0.39 is 11.7 Å². The van der Waals surface area contributed by atoms with Crippen LogP contribution < -0.4 is 11.1 Å². The number of aromatic nitrogens is 6. The first-order valence-corrected chi connectivity index (χ1v) is 12.7. The van der Waals surface area contributed by atoms with Crippen molar-refractivity contribution in [2.75, 3.05) is 5.73 Å². The molecule has 0 bridgehead atoms. The molecule has 1 amide bonds. The lowest BCUT2D eigenvalue weighted by atomic mass is 10.1. The van der Waals surface area contributed by atoms with Crippen LogP contribution in [0, 0.1) is 5.82 Å². The molecular formula is C30H21FN8O3. The first-order chi connectivity index (χ1) is 20.4. The third-order valence-electron chi connectivity index (χ3n) is 6.50. The van der Waals surface area contributed by atoms with Gasteiger partial charge >= 0.3 is 0 Å². The number of aromatic hydroxyl groups is 1. The maximum absolute atomic E-state index is 13.5. The minimum atomic E-state index is -0.461.